The zero-order chi connectivity index (χ0) is 18.2. The lowest BCUT2D eigenvalue weighted by Gasteiger charge is -2.14. The molecule has 0 aliphatic carbocycles. The van der Waals surface area contributed by atoms with Crippen molar-refractivity contribution >= 4 is 5.97 Å². The van der Waals surface area contributed by atoms with Gasteiger partial charge in [0.1, 0.15) is 0 Å². The average molecular weight is 344 g/mol. The summed E-state index contributed by atoms with van der Waals surface area (Å²) in [5.41, 5.74) is 0. The first-order chi connectivity index (χ1) is 11.5. The fourth-order valence-electron chi connectivity index (χ4n) is 2.50. The van der Waals surface area contributed by atoms with Crippen LogP contribution in [0.1, 0.15) is 77.6 Å². The molecular weight excluding hydrogens is 308 g/mol. The van der Waals surface area contributed by atoms with Crippen LogP contribution in [0.5, 0.6) is 0 Å². The number of esters is 1. The second-order valence-corrected chi connectivity index (χ2v) is 6.39. The smallest absolute Gasteiger partial charge is 0.305 e. The van der Waals surface area contributed by atoms with Crippen LogP contribution in [0.3, 0.4) is 0 Å². The van der Waals surface area contributed by atoms with Gasteiger partial charge in [-0.1, -0.05) is 64.0 Å². The predicted octanol–water partition coefficient (Wildman–Crippen LogP) is 3.11. The van der Waals surface area contributed by atoms with E-state index in [0.29, 0.717) is 19.3 Å². The number of ether oxygens (including phenoxy) is 1. The highest BCUT2D eigenvalue weighted by Crippen LogP contribution is 2.11. The molecule has 0 rings (SSSR count). The third kappa shape index (κ3) is 13.5. The highest BCUT2D eigenvalue weighted by Gasteiger charge is 2.13. The molecule has 5 heteroatoms. The number of rotatable bonds is 15. The molecule has 0 aromatic rings. The van der Waals surface area contributed by atoms with Crippen molar-refractivity contribution in [2.45, 2.75) is 95.9 Å². The van der Waals surface area contributed by atoms with Gasteiger partial charge in [0, 0.05) is 6.42 Å². The van der Waals surface area contributed by atoms with E-state index in [1.165, 1.54) is 13.2 Å². The van der Waals surface area contributed by atoms with Gasteiger partial charge in [0.15, 0.2) is 0 Å². The number of hydrogen-bond acceptors (Lipinski definition) is 5. The molecule has 0 spiro atoms. The lowest BCUT2D eigenvalue weighted by molar-refractivity contribution is -0.140. The molecule has 0 saturated heterocycles. The topological polar surface area (TPSA) is 87.0 Å². The summed E-state index contributed by atoms with van der Waals surface area (Å²) in [6, 6.07) is 0. The van der Waals surface area contributed by atoms with Gasteiger partial charge in [-0.05, 0) is 19.3 Å². The molecule has 0 unspecified atom stereocenters. The van der Waals surface area contributed by atoms with Crippen LogP contribution < -0.4 is 0 Å². The van der Waals surface area contributed by atoms with E-state index in [1.807, 2.05) is 0 Å². The van der Waals surface area contributed by atoms with E-state index in [-0.39, 0.29) is 5.97 Å². The Morgan fingerprint density at radius 3 is 2.21 bits per heavy atom. The Kier molecular flexibility index (Phi) is 15.0. The van der Waals surface area contributed by atoms with Crippen molar-refractivity contribution in [3.63, 3.8) is 0 Å². The van der Waals surface area contributed by atoms with Gasteiger partial charge >= 0.3 is 5.97 Å². The molecule has 142 valence electrons. The van der Waals surface area contributed by atoms with E-state index in [1.54, 1.807) is 6.08 Å². The lowest BCUT2D eigenvalue weighted by atomic mass is 10.0. The van der Waals surface area contributed by atoms with Crippen molar-refractivity contribution in [1.82, 2.24) is 0 Å². The fourth-order valence-corrected chi connectivity index (χ4v) is 2.50. The van der Waals surface area contributed by atoms with Crippen LogP contribution in [0.25, 0.3) is 0 Å². The summed E-state index contributed by atoms with van der Waals surface area (Å²) >= 11 is 0. The van der Waals surface area contributed by atoms with E-state index in [2.05, 4.69) is 11.7 Å². The van der Waals surface area contributed by atoms with Gasteiger partial charge in [-0.2, -0.15) is 0 Å². The zero-order valence-electron chi connectivity index (χ0n) is 15.3. The Morgan fingerprint density at radius 2 is 1.54 bits per heavy atom. The van der Waals surface area contributed by atoms with Crippen molar-refractivity contribution in [3.8, 4) is 0 Å². The molecule has 0 aliphatic rings. The number of unbranched alkanes of at least 4 members (excludes halogenated alkanes) is 6. The summed E-state index contributed by atoms with van der Waals surface area (Å²) < 4.78 is 4.58. The summed E-state index contributed by atoms with van der Waals surface area (Å²) in [7, 11) is 1.40. The third-order valence-electron chi connectivity index (χ3n) is 4.14. The second kappa shape index (κ2) is 15.6. The first kappa shape index (κ1) is 23.1. The van der Waals surface area contributed by atoms with Crippen LogP contribution in [-0.2, 0) is 9.53 Å². The van der Waals surface area contributed by atoms with Gasteiger partial charge in [0.25, 0.3) is 0 Å². The number of aliphatic hydroxyl groups is 3. The normalized spacial score (nSPS) is 15.4. The molecule has 0 aromatic heterocycles. The molecule has 0 radical (unpaired) electrons. The van der Waals surface area contributed by atoms with Gasteiger partial charge in [-0.3, -0.25) is 4.79 Å². The minimum absolute atomic E-state index is 0.161. The van der Waals surface area contributed by atoms with Gasteiger partial charge in [0.2, 0.25) is 0 Å². The molecule has 0 saturated carbocycles. The lowest BCUT2D eigenvalue weighted by Crippen LogP contribution is -2.24. The van der Waals surface area contributed by atoms with Gasteiger partial charge in [0.05, 0.1) is 25.4 Å². The minimum atomic E-state index is -0.908. The standard InChI is InChI=1S/C19H36O5/c1-3-4-8-12-17(21)18(22)15-14-16(20)11-9-6-5-7-10-13-19(23)24-2/h14-18,20-22H,3-13H2,1-2H3/b15-14+/t16-,17+,18-/m0/s1. The number of hydrogen-bond donors (Lipinski definition) is 3. The molecule has 3 N–H and O–H groups in total. The van der Waals surface area contributed by atoms with Crippen molar-refractivity contribution in [1.29, 1.82) is 0 Å². The molecule has 0 aliphatic heterocycles. The van der Waals surface area contributed by atoms with Gasteiger partial charge in [-0.15, -0.1) is 0 Å². The molecule has 5 nitrogen and oxygen atoms in total. The molecule has 0 aromatic carbocycles. The van der Waals surface area contributed by atoms with E-state index < -0.39 is 18.3 Å². The second-order valence-electron chi connectivity index (χ2n) is 6.39. The minimum Gasteiger partial charge on any atom is -0.469 e. The summed E-state index contributed by atoms with van der Waals surface area (Å²) in [6.45, 7) is 2.10. The first-order valence-corrected chi connectivity index (χ1v) is 9.30. The molecule has 0 fully saturated rings. The van der Waals surface area contributed by atoms with Crippen LogP contribution >= 0.6 is 0 Å². The Morgan fingerprint density at radius 1 is 0.917 bits per heavy atom. The Balaban J connectivity index is 3.66. The quantitative estimate of drug-likeness (QED) is 0.241. The summed E-state index contributed by atoms with van der Waals surface area (Å²) in [4.78, 5) is 10.9. The number of aliphatic hydroxyl groups excluding tert-OH is 3. The van der Waals surface area contributed by atoms with Crippen molar-refractivity contribution in [2.24, 2.45) is 0 Å². The van der Waals surface area contributed by atoms with Gasteiger partial charge < -0.3 is 20.1 Å². The van der Waals surface area contributed by atoms with Crippen LogP contribution in [0.15, 0.2) is 12.2 Å². The SMILES string of the molecule is CCCCC[C@@H](O)[C@@H](O)/C=C/[C@@H](O)CCCCCCCC(=O)OC. The van der Waals surface area contributed by atoms with Crippen molar-refractivity contribution < 1.29 is 24.9 Å². The highest BCUT2D eigenvalue weighted by molar-refractivity contribution is 5.68. The predicted molar refractivity (Wildman–Crippen MR) is 95.6 cm³/mol. The molecule has 0 amide bonds. The number of carbonyl (C=O) groups excluding carboxylic acids is 1. The van der Waals surface area contributed by atoms with Gasteiger partial charge in [-0.25, -0.2) is 0 Å². The van der Waals surface area contributed by atoms with Crippen LogP contribution in [-0.4, -0.2) is 46.7 Å². The van der Waals surface area contributed by atoms with E-state index in [4.69, 9.17) is 0 Å². The number of methoxy groups -OCH3 is 1. The molecular formula is C19H36O5. The Hall–Kier alpha value is -0.910. The Bertz CT molecular complexity index is 330. The molecule has 3 atom stereocenters. The Labute approximate surface area is 146 Å². The first-order valence-electron chi connectivity index (χ1n) is 9.30. The monoisotopic (exact) mass is 344 g/mol. The van der Waals surface area contributed by atoms with E-state index in [0.717, 1.165) is 51.4 Å². The van der Waals surface area contributed by atoms with Crippen LogP contribution in [0.2, 0.25) is 0 Å². The van der Waals surface area contributed by atoms with E-state index >= 15 is 0 Å². The summed E-state index contributed by atoms with van der Waals surface area (Å²) in [5, 5.41) is 29.5. The maximum Gasteiger partial charge on any atom is 0.305 e. The molecule has 0 bridgehead atoms. The number of carbonyl (C=O) groups is 1. The van der Waals surface area contributed by atoms with Crippen LogP contribution in [0, 0.1) is 0 Å². The van der Waals surface area contributed by atoms with Crippen LogP contribution in [0.4, 0.5) is 0 Å². The van der Waals surface area contributed by atoms with Crippen molar-refractivity contribution in [2.75, 3.05) is 7.11 Å². The molecule has 24 heavy (non-hydrogen) atoms. The average Bonchev–Trinajstić information content (AvgIpc) is 2.58. The maximum absolute atomic E-state index is 10.9. The fraction of sp³-hybridized carbons (Fsp3) is 0.842. The summed E-state index contributed by atoms with van der Waals surface area (Å²) in [6.07, 6.45) is 10.3. The third-order valence-corrected chi connectivity index (χ3v) is 4.14. The summed E-state index contributed by atoms with van der Waals surface area (Å²) in [5.74, 6) is -0.161. The van der Waals surface area contributed by atoms with E-state index in [9.17, 15) is 20.1 Å². The highest BCUT2D eigenvalue weighted by atomic mass is 16.5. The molecule has 0 heterocycles. The van der Waals surface area contributed by atoms with Crippen molar-refractivity contribution in [3.05, 3.63) is 12.2 Å². The maximum atomic E-state index is 10.9. The largest absolute Gasteiger partial charge is 0.469 e. The zero-order valence-corrected chi connectivity index (χ0v) is 15.3.